The fourth-order valence-electron chi connectivity index (χ4n) is 4.98. The number of hydrogen-bond donors (Lipinski definition) is 1. The molecule has 2 heterocycles. The summed E-state index contributed by atoms with van der Waals surface area (Å²) in [5.74, 6) is -0.879. The Morgan fingerprint density at radius 3 is 2.59 bits per heavy atom. The summed E-state index contributed by atoms with van der Waals surface area (Å²) in [5.41, 5.74) is 2.84. The molecule has 1 saturated heterocycles. The van der Waals surface area contributed by atoms with Crippen LogP contribution in [0.5, 0.6) is 0 Å². The lowest BCUT2D eigenvalue weighted by Crippen LogP contribution is -2.27. The van der Waals surface area contributed by atoms with Crippen molar-refractivity contribution in [2.75, 3.05) is 13.1 Å². The van der Waals surface area contributed by atoms with E-state index < -0.39 is 5.97 Å². The Kier molecular flexibility index (Phi) is 5.66. The second kappa shape index (κ2) is 8.60. The Labute approximate surface area is 190 Å². The van der Waals surface area contributed by atoms with Crippen molar-refractivity contribution in [3.63, 3.8) is 0 Å². The van der Waals surface area contributed by atoms with E-state index in [2.05, 4.69) is 46.8 Å². The van der Waals surface area contributed by atoms with Crippen LogP contribution in [0.15, 0.2) is 65.6 Å². The van der Waals surface area contributed by atoms with Crippen molar-refractivity contribution in [1.29, 1.82) is 0 Å². The first-order chi connectivity index (χ1) is 15.5. The quantitative estimate of drug-likeness (QED) is 0.369. The number of carboxylic acid groups (broad SMARTS) is 1. The average Bonchev–Trinajstić information content (AvgIpc) is 3.05. The maximum Gasteiger partial charge on any atom is 0.323 e. The lowest BCUT2D eigenvalue weighted by molar-refractivity contribution is -0.137. The first kappa shape index (κ1) is 21.0. The van der Waals surface area contributed by atoms with Gasteiger partial charge in [-0.05, 0) is 78.2 Å². The Hall–Kier alpha value is -2.83. The number of rotatable bonds is 5. The third kappa shape index (κ3) is 3.89. The molecule has 1 N–H and O–H groups in total. The molecule has 0 radical (unpaired) electrons. The number of fused-ring (bicyclic) bond motifs is 2. The van der Waals surface area contributed by atoms with Crippen LogP contribution in [0.1, 0.15) is 30.0 Å². The number of piperidine rings is 1. The summed E-state index contributed by atoms with van der Waals surface area (Å²) in [4.78, 5) is 12.7. The van der Waals surface area contributed by atoms with Crippen LogP contribution in [0.3, 0.4) is 0 Å². The number of halogens is 1. The van der Waals surface area contributed by atoms with Crippen molar-refractivity contribution in [1.82, 2.24) is 8.87 Å². The van der Waals surface area contributed by atoms with Crippen LogP contribution < -0.4 is 0 Å². The van der Waals surface area contributed by atoms with Crippen LogP contribution in [-0.4, -0.2) is 33.0 Å². The number of carboxylic acids is 1. The Balaban J connectivity index is 1.39. The molecule has 6 heteroatoms. The summed E-state index contributed by atoms with van der Waals surface area (Å²) in [6.07, 6.45) is 1.92. The SMILES string of the molecule is Cc1c(C2CCN(Sc3cccc4ccccc34)CC2)c2cc(F)ccc2n1CC(=O)O. The summed E-state index contributed by atoms with van der Waals surface area (Å²) >= 11 is 1.81. The van der Waals surface area contributed by atoms with Crippen molar-refractivity contribution in [3.8, 4) is 0 Å². The third-order valence-corrected chi connectivity index (χ3v) is 7.64. The van der Waals surface area contributed by atoms with Crippen molar-refractivity contribution in [2.45, 2.75) is 37.1 Å². The molecule has 3 aromatic carbocycles. The fraction of sp³-hybridized carbons (Fsp3) is 0.269. The van der Waals surface area contributed by atoms with E-state index in [1.54, 1.807) is 24.1 Å². The van der Waals surface area contributed by atoms with E-state index in [0.717, 1.165) is 48.1 Å². The lowest BCUT2D eigenvalue weighted by Gasteiger charge is -2.31. The Bertz CT molecular complexity index is 1300. The van der Waals surface area contributed by atoms with Gasteiger partial charge < -0.3 is 9.67 Å². The maximum atomic E-state index is 14.1. The van der Waals surface area contributed by atoms with Gasteiger partial charge in [-0.3, -0.25) is 4.79 Å². The van der Waals surface area contributed by atoms with Gasteiger partial charge in [0, 0.05) is 34.6 Å². The minimum Gasteiger partial charge on any atom is -0.480 e. The summed E-state index contributed by atoms with van der Waals surface area (Å²) in [6, 6.07) is 19.5. The van der Waals surface area contributed by atoms with Gasteiger partial charge in [0.25, 0.3) is 0 Å². The largest absolute Gasteiger partial charge is 0.480 e. The van der Waals surface area contributed by atoms with E-state index in [-0.39, 0.29) is 12.4 Å². The normalized spacial score (nSPS) is 15.6. The minimum atomic E-state index is -0.887. The predicted octanol–water partition coefficient (Wildman–Crippen LogP) is 6.21. The zero-order chi connectivity index (χ0) is 22.2. The van der Waals surface area contributed by atoms with E-state index in [1.807, 2.05) is 11.5 Å². The minimum absolute atomic E-state index is 0.107. The number of benzene rings is 3. The molecule has 1 aliphatic heterocycles. The molecule has 0 saturated carbocycles. The van der Waals surface area contributed by atoms with Gasteiger partial charge in [-0.25, -0.2) is 8.70 Å². The number of aromatic nitrogens is 1. The highest BCUT2D eigenvalue weighted by atomic mass is 32.2. The highest BCUT2D eigenvalue weighted by Gasteiger charge is 2.27. The van der Waals surface area contributed by atoms with Crippen molar-refractivity contribution < 1.29 is 14.3 Å². The number of aliphatic carboxylic acids is 1. The van der Waals surface area contributed by atoms with Crippen LogP contribution in [0.4, 0.5) is 4.39 Å². The standard InChI is InChI=1S/C26H25FN2O2S/c1-17-26(22-15-20(27)9-10-23(22)29(17)16-25(30)31)19-11-13-28(14-12-19)32-24-8-4-6-18-5-2-3-7-21(18)24/h2-10,15,19H,11-14,16H2,1H3,(H,30,31). The van der Waals surface area contributed by atoms with E-state index in [9.17, 15) is 14.3 Å². The average molecular weight is 449 g/mol. The van der Waals surface area contributed by atoms with Gasteiger partial charge in [-0.15, -0.1) is 0 Å². The van der Waals surface area contributed by atoms with Crippen LogP contribution in [0.25, 0.3) is 21.7 Å². The van der Waals surface area contributed by atoms with E-state index in [1.165, 1.54) is 21.7 Å². The molecule has 5 rings (SSSR count). The second-order valence-electron chi connectivity index (χ2n) is 8.41. The smallest absolute Gasteiger partial charge is 0.323 e. The zero-order valence-corrected chi connectivity index (χ0v) is 18.7. The van der Waals surface area contributed by atoms with Crippen LogP contribution in [-0.2, 0) is 11.3 Å². The van der Waals surface area contributed by atoms with Gasteiger partial charge in [0.15, 0.2) is 0 Å². The van der Waals surface area contributed by atoms with E-state index >= 15 is 0 Å². The van der Waals surface area contributed by atoms with Crippen LogP contribution in [0, 0.1) is 12.7 Å². The van der Waals surface area contributed by atoms with E-state index in [4.69, 9.17) is 0 Å². The molecule has 32 heavy (non-hydrogen) atoms. The molecule has 0 atom stereocenters. The summed E-state index contributed by atoms with van der Waals surface area (Å²) in [5, 5.41) is 12.7. The van der Waals surface area contributed by atoms with Gasteiger partial charge in [-0.1, -0.05) is 36.4 Å². The van der Waals surface area contributed by atoms with Gasteiger partial charge in [0.05, 0.1) is 0 Å². The molecule has 0 unspecified atom stereocenters. The molecule has 1 aliphatic rings. The van der Waals surface area contributed by atoms with Crippen molar-refractivity contribution in [2.24, 2.45) is 0 Å². The lowest BCUT2D eigenvalue weighted by atomic mass is 9.88. The highest BCUT2D eigenvalue weighted by Crippen LogP contribution is 2.40. The second-order valence-corrected chi connectivity index (χ2v) is 9.55. The van der Waals surface area contributed by atoms with Gasteiger partial charge >= 0.3 is 5.97 Å². The van der Waals surface area contributed by atoms with Crippen LogP contribution >= 0.6 is 11.9 Å². The third-order valence-electron chi connectivity index (χ3n) is 6.47. The van der Waals surface area contributed by atoms with Gasteiger partial charge in [0.2, 0.25) is 0 Å². The molecule has 164 valence electrons. The summed E-state index contributed by atoms with van der Waals surface area (Å²) in [7, 11) is 0. The monoisotopic (exact) mass is 448 g/mol. The molecule has 1 fully saturated rings. The molecule has 1 aromatic heterocycles. The highest BCUT2D eigenvalue weighted by molar-refractivity contribution is 7.97. The molecule has 0 aliphatic carbocycles. The van der Waals surface area contributed by atoms with Gasteiger partial charge in [-0.2, -0.15) is 0 Å². The Morgan fingerprint density at radius 1 is 1.06 bits per heavy atom. The number of nitrogens with zero attached hydrogens (tertiary/aromatic N) is 2. The molecule has 0 bridgehead atoms. The zero-order valence-electron chi connectivity index (χ0n) is 17.9. The molecule has 4 nitrogen and oxygen atoms in total. The number of hydrogen-bond acceptors (Lipinski definition) is 3. The predicted molar refractivity (Wildman–Crippen MR) is 128 cm³/mol. The topological polar surface area (TPSA) is 45.5 Å². The van der Waals surface area contributed by atoms with Crippen LogP contribution in [0.2, 0.25) is 0 Å². The maximum absolute atomic E-state index is 14.1. The summed E-state index contributed by atoms with van der Waals surface area (Å²) in [6.45, 7) is 3.72. The first-order valence-electron chi connectivity index (χ1n) is 10.9. The van der Waals surface area contributed by atoms with Crippen molar-refractivity contribution in [3.05, 3.63) is 77.7 Å². The number of carbonyl (C=O) groups is 1. The molecule has 4 aromatic rings. The van der Waals surface area contributed by atoms with Crippen molar-refractivity contribution >= 4 is 39.6 Å². The Morgan fingerprint density at radius 2 is 1.81 bits per heavy atom. The van der Waals surface area contributed by atoms with Gasteiger partial charge in [0.1, 0.15) is 12.4 Å². The van der Waals surface area contributed by atoms with E-state index in [0.29, 0.717) is 5.92 Å². The molecular weight excluding hydrogens is 423 g/mol. The fourth-order valence-corrected chi connectivity index (χ4v) is 6.08. The molecular formula is C26H25FN2O2S. The summed E-state index contributed by atoms with van der Waals surface area (Å²) < 4.78 is 18.3. The molecule has 0 spiro atoms. The first-order valence-corrected chi connectivity index (χ1v) is 11.7. The molecule has 0 amide bonds.